The van der Waals surface area contributed by atoms with Crippen molar-refractivity contribution in [3.63, 3.8) is 0 Å². The van der Waals surface area contributed by atoms with Crippen LogP contribution in [0.25, 0.3) is 0 Å². The first-order chi connectivity index (χ1) is 12.2. The second-order valence-electron chi connectivity index (χ2n) is 5.84. The zero-order chi connectivity index (χ0) is 17.9. The number of nitrogens with one attached hydrogen (secondary N) is 2. The number of nitrogens with zero attached hydrogens (tertiary/aromatic N) is 2. The number of guanidine groups is 1. The van der Waals surface area contributed by atoms with Gasteiger partial charge in [0.1, 0.15) is 5.75 Å². The molecule has 26 heavy (non-hydrogen) atoms. The molecule has 0 unspecified atom stereocenters. The summed E-state index contributed by atoms with van der Waals surface area (Å²) in [5.74, 6) is 1.74. The highest BCUT2D eigenvalue weighted by molar-refractivity contribution is 14.0. The van der Waals surface area contributed by atoms with Crippen molar-refractivity contribution in [3.8, 4) is 5.75 Å². The van der Waals surface area contributed by atoms with Crippen LogP contribution in [-0.2, 0) is 12.8 Å². The van der Waals surface area contributed by atoms with Crippen molar-refractivity contribution in [2.24, 2.45) is 4.99 Å². The summed E-state index contributed by atoms with van der Waals surface area (Å²) in [4.78, 5) is 8.97. The highest BCUT2D eigenvalue weighted by atomic mass is 127. The molecule has 0 saturated heterocycles. The summed E-state index contributed by atoms with van der Waals surface area (Å²) in [5, 5.41) is 6.67. The second kappa shape index (κ2) is 12.5. The Bertz CT molecular complexity index is 657. The molecular formula is C20H29IN4O. The first kappa shape index (κ1) is 22.2. The van der Waals surface area contributed by atoms with Gasteiger partial charge >= 0.3 is 0 Å². The van der Waals surface area contributed by atoms with Gasteiger partial charge in [0.15, 0.2) is 5.96 Å². The van der Waals surface area contributed by atoms with E-state index in [-0.39, 0.29) is 24.0 Å². The Kier molecular flexibility index (Phi) is 10.7. The van der Waals surface area contributed by atoms with Crippen molar-refractivity contribution in [2.75, 3.05) is 26.7 Å². The second-order valence-corrected chi connectivity index (χ2v) is 5.84. The summed E-state index contributed by atoms with van der Waals surface area (Å²) >= 11 is 0. The van der Waals surface area contributed by atoms with Gasteiger partial charge in [-0.15, -0.1) is 24.0 Å². The standard InChI is InChI=1S/C20H28N4O.HI/c1-4-21-20(23-14-12-18-6-5-16(2)24-15-18)22-13-11-17-7-9-19(25-3)10-8-17;/h5-10,15H,4,11-14H2,1-3H3,(H2,21,22,23);1H. The van der Waals surface area contributed by atoms with E-state index in [1.54, 1.807) is 7.11 Å². The zero-order valence-electron chi connectivity index (χ0n) is 15.8. The maximum atomic E-state index is 5.18. The fourth-order valence-electron chi connectivity index (χ4n) is 2.40. The molecule has 0 bridgehead atoms. The summed E-state index contributed by atoms with van der Waals surface area (Å²) in [6.45, 7) is 6.50. The molecule has 0 amide bonds. The lowest BCUT2D eigenvalue weighted by Crippen LogP contribution is -2.38. The quantitative estimate of drug-likeness (QED) is 0.355. The fraction of sp³-hybridized carbons (Fsp3) is 0.400. The van der Waals surface area contributed by atoms with E-state index in [1.807, 2.05) is 31.3 Å². The third kappa shape index (κ3) is 8.03. The predicted molar refractivity (Wildman–Crippen MR) is 119 cm³/mol. The van der Waals surface area contributed by atoms with Crippen LogP contribution >= 0.6 is 24.0 Å². The Hall–Kier alpha value is -1.83. The molecule has 1 aromatic heterocycles. The molecular weight excluding hydrogens is 439 g/mol. The molecule has 142 valence electrons. The van der Waals surface area contributed by atoms with Gasteiger partial charge in [0, 0.05) is 31.5 Å². The van der Waals surface area contributed by atoms with E-state index in [0.29, 0.717) is 0 Å². The smallest absolute Gasteiger partial charge is 0.191 e. The predicted octanol–water partition coefficient (Wildman–Crippen LogP) is 3.36. The number of halogens is 1. The molecule has 6 heteroatoms. The molecule has 2 rings (SSSR count). The number of methoxy groups -OCH3 is 1. The van der Waals surface area contributed by atoms with Crippen LogP contribution in [0.2, 0.25) is 0 Å². The minimum Gasteiger partial charge on any atom is -0.497 e. The topological polar surface area (TPSA) is 58.5 Å². The van der Waals surface area contributed by atoms with Crippen LogP contribution in [0.1, 0.15) is 23.7 Å². The van der Waals surface area contributed by atoms with Crippen LogP contribution in [0, 0.1) is 6.92 Å². The van der Waals surface area contributed by atoms with Gasteiger partial charge in [0.2, 0.25) is 0 Å². The molecule has 2 N–H and O–H groups in total. The molecule has 5 nitrogen and oxygen atoms in total. The summed E-state index contributed by atoms with van der Waals surface area (Å²) in [5.41, 5.74) is 3.53. The molecule has 0 aliphatic rings. The number of hydrogen-bond donors (Lipinski definition) is 2. The Morgan fingerprint density at radius 2 is 1.77 bits per heavy atom. The van der Waals surface area contributed by atoms with Gasteiger partial charge in [0.25, 0.3) is 0 Å². The van der Waals surface area contributed by atoms with Gasteiger partial charge in [-0.25, -0.2) is 0 Å². The number of hydrogen-bond acceptors (Lipinski definition) is 3. The van der Waals surface area contributed by atoms with Crippen LogP contribution in [0.5, 0.6) is 5.75 Å². The minimum atomic E-state index is 0. The van der Waals surface area contributed by atoms with Crippen LogP contribution in [-0.4, -0.2) is 37.7 Å². The summed E-state index contributed by atoms with van der Waals surface area (Å²) in [6.07, 6.45) is 3.77. The monoisotopic (exact) mass is 468 g/mol. The molecule has 1 aromatic carbocycles. The lowest BCUT2D eigenvalue weighted by Gasteiger charge is -2.11. The Balaban J connectivity index is 0.00000338. The first-order valence-corrected chi connectivity index (χ1v) is 8.78. The first-order valence-electron chi connectivity index (χ1n) is 8.78. The molecule has 0 aliphatic carbocycles. The van der Waals surface area contributed by atoms with Crippen molar-refractivity contribution in [3.05, 3.63) is 59.4 Å². The molecule has 0 radical (unpaired) electrons. The number of aromatic nitrogens is 1. The van der Waals surface area contributed by atoms with E-state index in [9.17, 15) is 0 Å². The van der Waals surface area contributed by atoms with Gasteiger partial charge in [0.05, 0.1) is 7.11 Å². The van der Waals surface area contributed by atoms with E-state index in [0.717, 1.165) is 49.9 Å². The Morgan fingerprint density at radius 3 is 2.38 bits per heavy atom. The van der Waals surface area contributed by atoms with Gasteiger partial charge in [-0.1, -0.05) is 18.2 Å². The van der Waals surface area contributed by atoms with Crippen molar-refractivity contribution < 1.29 is 4.74 Å². The van der Waals surface area contributed by atoms with E-state index in [4.69, 9.17) is 4.74 Å². The SMILES string of the molecule is CCNC(=NCCc1ccc(OC)cc1)NCCc1ccc(C)nc1.I. The molecule has 0 atom stereocenters. The van der Waals surface area contributed by atoms with E-state index in [1.165, 1.54) is 11.1 Å². The van der Waals surface area contributed by atoms with Crippen LogP contribution in [0.4, 0.5) is 0 Å². The molecule has 0 spiro atoms. The highest BCUT2D eigenvalue weighted by Crippen LogP contribution is 2.11. The zero-order valence-corrected chi connectivity index (χ0v) is 18.1. The molecule has 1 heterocycles. The van der Waals surface area contributed by atoms with E-state index >= 15 is 0 Å². The lowest BCUT2D eigenvalue weighted by atomic mass is 10.1. The molecule has 2 aromatic rings. The maximum Gasteiger partial charge on any atom is 0.191 e. The molecule has 0 fully saturated rings. The fourth-order valence-corrected chi connectivity index (χ4v) is 2.40. The third-order valence-electron chi connectivity index (χ3n) is 3.85. The van der Waals surface area contributed by atoms with Crippen LogP contribution in [0.3, 0.4) is 0 Å². The van der Waals surface area contributed by atoms with E-state index < -0.39 is 0 Å². The number of benzene rings is 1. The van der Waals surface area contributed by atoms with Crippen molar-refractivity contribution in [2.45, 2.75) is 26.7 Å². The number of aryl methyl sites for hydroxylation is 1. The van der Waals surface area contributed by atoms with Crippen molar-refractivity contribution >= 4 is 29.9 Å². The average Bonchev–Trinajstić information content (AvgIpc) is 2.64. The van der Waals surface area contributed by atoms with Gasteiger partial charge in [-0.2, -0.15) is 0 Å². The summed E-state index contributed by atoms with van der Waals surface area (Å²) in [7, 11) is 1.68. The Morgan fingerprint density at radius 1 is 1.04 bits per heavy atom. The highest BCUT2D eigenvalue weighted by Gasteiger charge is 1.99. The number of aliphatic imine (C=N–C) groups is 1. The normalized spacial score (nSPS) is 10.8. The van der Waals surface area contributed by atoms with Crippen molar-refractivity contribution in [1.82, 2.24) is 15.6 Å². The average molecular weight is 468 g/mol. The van der Waals surface area contributed by atoms with Gasteiger partial charge in [-0.3, -0.25) is 9.98 Å². The molecule has 0 saturated carbocycles. The number of ether oxygens (including phenoxy) is 1. The van der Waals surface area contributed by atoms with Crippen LogP contribution in [0.15, 0.2) is 47.6 Å². The lowest BCUT2D eigenvalue weighted by molar-refractivity contribution is 0.414. The number of rotatable bonds is 8. The van der Waals surface area contributed by atoms with Gasteiger partial charge in [-0.05, 0) is 56.0 Å². The molecule has 0 aliphatic heterocycles. The minimum absolute atomic E-state index is 0. The van der Waals surface area contributed by atoms with Crippen molar-refractivity contribution in [1.29, 1.82) is 0 Å². The maximum absolute atomic E-state index is 5.18. The Labute approximate surface area is 173 Å². The largest absolute Gasteiger partial charge is 0.497 e. The third-order valence-corrected chi connectivity index (χ3v) is 3.85. The van der Waals surface area contributed by atoms with Crippen LogP contribution < -0.4 is 15.4 Å². The summed E-state index contributed by atoms with van der Waals surface area (Å²) in [6, 6.07) is 12.3. The van der Waals surface area contributed by atoms with E-state index in [2.05, 4.69) is 45.7 Å². The van der Waals surface area contributed by atoms with Gasteiger partial charge < -0.3 is 15.4 Å². The number of pyridine rings is 1. The summed E-state index contributed by atoms with van der Waals surface area (Å²) < 4.78 is 5.18.